The third-order valence-corrected chi connectivity index (χ3v) is 5.78. The van der Waals surface area contributed by atoms with Gasteiger partial charge in [0.15, 0.2) is 11.6 Å². The van der Waals surface area contributed by atoms with E-state index in [9.17, 15) is 18.8 Å². The first-order valence-electron chi connectivity index (χ1n) is 9.62. The molecule has 1 N–H and O–H groups in total. The van der Waals surface area contributed by atoms with Crippen molar-refractivity contribution in [3.8, 4) is 5.75 Å². The average molecular weight is 405 g/mol. The molecule has 4 rings (SSSR count). The zero-order valence-corrected chi connectivity index (χ0v) is 16.4. The van der Waals surface area contributed by atoms with E-state index in [1.165, 1.54) is 20.8 Å². The summed E-state index contributed by atoms with van der Waals surface area (Å²) in [4.78, 5) is 43.2. The summed E-state index contributed by atoms with van der Waals surface area (Å²) in [6.45, 7) is 0.837. The monoisotopic (exact) mass is 405 g/mol. The Kier molecular flexibility index (Phi) is 4.93. The lowest BCUT2D eigenvalue weighted by molar-refractivity contribution is -0.134. The quantitative estimate of drug-likeness (QED) is 0.806. The molecule has 29 heavy (non-hydrogen) atoms. The van der Waals surface area contributed by atoms with Crippen LogP contribution in [-0.2, 0) is 4.79 Å². The number of ether oxygens (including phenoxy) is 1. The van der Waals surface area contributed by atoms with Crippen molar-refractivity contribution in [2.45, 2.75) is 31.3 Å². The van der Waals surface area contributed by atoms with Gasteiger partial charge in [-0.3, -0.25) is 9.69 Å². The second kappa shape index (κ2) is 7.41. The standard InChI is InChI=1S/C19H24FN5O4/c1-22-16-17(23(2)19(22)28)25(18(27)21-16)11-15(26)24-9-7-12(8-10-24)29-14-6-4-3-5-13(14)20/h3-6,12,16-17H,7-11H2,1-2H3,(H,21,27)/t16-,17+/m1/s1. The predicted molar refractivity (Wildman–Crippen MR) is 100 cm³/mol. The normalized spacial score (nSPS) is 24.8. The minimum atomic E-state index is -0.508. The Hall–Kier alpha value is -3.04. The summed E-state index contributed by atoms with van der Waals surface area (Å²) in [5, 5.41) is 2.75. The van der Waals surface area contributed by atoms with Crippen LogP contribution >= 0.6 is 0 Å². The summed E-state index contributed by atoms with van der Waals surface area (Å²) in [5.41, 5.74) is 0. The first kappa shape index (κ1) is 19.3. The molecule has 3 fully saturated rings. The number of amides is 5. The largest absolute Gasteiger partial charge is 0.487 e. The summed E-state index contributed by atoms with van der Waals surface area (Å²) in [6.07, 6.45) is 0.0278. The summed E-state index contributed by atoms with van der Waals surface area (Å²) in [5.74, 6) is -0.364. The molecule has 0 aliphatic carbocycles. The lowest BCUT2D eigenvalue weighted by Gasteiger charge is -2.34. The fourth-order valence-electron chi connectivity index (χ4n) is 4.13. The molecule has 3 aliphatic heterocycles. The third-order valence-electron chi connectivity index (χ3n) is 5.78. The van der Waals surface area contributed by atoms with Crippen molar-refractivity contribution in [2.24, 2.45) is 0 Å². The van der Waals surface area contributed by atoms with Gasteiger partial charge in [-0.15, -0.1) is 0 Å². The van der Waals surface area contributed by atoms with Crippen LogP contribution in [0.5, 0.6) is 5.75 Å². The van der Waals surface area contributed by atoms with Crippen LogP contribution in [0.4, 0.5) is 14.0 Å². The van der Waals surface area contributed by atoms with Gasteiger partial charge in [-0.05, 0) is 12.1 Å². The van der Waals surface area contributed by atoms with Gasteiger partial charge < -0.3 is 24.8 Å². The lowest BCUT2D eigenvalue weighted by atomic mass is 10.1. The molecule has 3 saturated heterocycles. The van der Waals surface area contributed by atoms with Crippen LogP contribution in [0.25, 0.3) is 0 Å². The van der Waals surface area contributed by atoms with Gasteiger partial charge in [0.1, 0.15) is 25.0 Å². The molecule has 0 saturated carbocycles. The number of para-hydroxylation sites is 1. The number of carbonyl (C=O) groups is 3. The maximum atomic E-state index is 13.7. The molecule has 3 heterocycles. The van der Waals surface area contributed by atoms with Gasteiger partial charge in [0, 0.05) is 40.0 Å². The number of likely N-dealkylation sites (tertiary alicyclic amines) is 1. The number of likely N-dealkylation sites (N-methyl/N-ethyl adjacent to an activating group) is 2. The number of carbonyl (C=O) groups excluding carboxylic acids is 3. The van der Waals surface area contributed by atoms with Gasteiger partial charge >= 0.3 is 12.1 Å². The van der Waals surface area contributed by atoms with E-state index in [1.54, 1.807) is 37.2 Å². The van der Waals surface area contributed by atoms with Gasteiger partial charge in [-0.1, -0.05) is 12.1 Å². The SMILES string of the molecule is CN1C(=O)N(C)[C@@H]2[C@@H]1NC(=O)N2CC(=O)N1CCC(Oc2ccccc2F)CC1. The molecule has 2 atom stereocenters. The number of hydrogen-bond acceptors (Lipinski definition) is 4. The first-order chi connectivity index (χ1) is 13.9. The fraction of sp³-hybridized carbons (Fsp3) is 0.526. The Bertz CT molecular complexity index is 829. The summed E-state index contributed by atoms with van der Waals surface area (Å²) in [6, 6.07) is 5.69. The van der Waals surface area contributed by atoms with E-state index in [0.29, 0.717) is 25.9 Å². The second-order valence-electron chi connectivity index (χ2n) is 7.57. The molecule has 156 valence electrons. The topological polar surface area (TPSA) is 85.4 Å². The van der Waals surface area contributed by atoms with Crippen molar-refractivity contribution >= 4 is 18.0 Å². The molecular formula is C19H24FN5O4. The molecule has 0 spiro atoms. The van der Waals surface area contributed by atoms with E-state index in [4.69, 9.17) is 4.74 Å². The van der Waals surface area contributed by atoms with Crippen LogP contribution < -0.4 is 10.1 Å². The van der Waals surface area contributed by atoms with E-state index in [-0.39, 0.29) is 36.4 Å². The first-order valence-corrected chi connectivity index (χ1v) is 9.62. The number of fused-ring (bicyclic) bond motifs is 1. The number of piperidine rings is 1. The van der Waals surface area contributed by atoms with Crippen LogP contribution in [0.2, 0.25) is 0 Å². The van der Waals surface area contributed by atoms with Gasteiger partial charge in [-0.2, -0.15) is 0 Å². The maximum Gasteiger partial charge on any atom is 0.323 e. The summed E-state index contributed by atoms with van der Waals surface area (Å²) in [7, 11) is 3.24. The number of nitrogens with zero attached hydrogens (tertiary/aromatic N) is 4. The number of benzene rings is 1. The fourth-order valence-corrected chi connectivity index (χ4v) is 4.13. The Morgan fingerprint density at radius 2 is 1.86 bits per heavy atom. The van der Waals surface area contributed by atoms with Crippen molar-refractivity contribution in [2.75, 3.05) is 33.7 Å². The van der Waals surface area contributed by atoms with E-state index in [0.717, 1.165) is 0 Å². The van der Waals surface area contributed by atoms with E-state index >= 15 is 0 Å². The Morgan fingerprint density at radius 3 is 2.55 bits per heavy atom. The number of urea groups is 2. The Morgan fingerprint density at radius 1 is 1.17 bits per heavy atom. The highest BCUT2D eigenvalue weighted by atomic mass is 19.1. The molecule has 0 aromatic heterocycles. The van der Waals surface area contributed by atoms with Gasteiger partial charge in [-0.25, -0.2) is 14.0 Å². The molecule has 5 amide bonds. The number of halogens is 1. The van der Waals surface area contributed by atoms with E-state index in [2.05, 4.69) is 5.32 Å². The molecule has 9 nitrogen and oxygen atoms in total. The van der Waals surface area contributed by atoms with Crippen molar-refractivity contribution < 1.29 is 23.5 Å². The van der Waals surface area contributed by atoms with Crippen LogP contribution in [0, 0.1) is 5.82 Å². The van der Waals surface area contributed by atoms with Crippen LogP contribution in [-0.4, -0.2) is 89.7 Å². The van der Waals surface area contributed by atoms with Crippen LogP contribution in [0.3, 0.4) is 0 Å². The molecule has 0 unspecified atom stereocenters. The predicted octanol–water partition coefficient (Wildman–Crippen LogP) is 0.870. The summed E-state index contributed by atoms with van der Waals surface area (Å²) >= 11 is 0. The molecule has 0 radical (unpaired) electrons. The van der Waals surface area contributed by atoms with Gasteiger partial charge in [0.05, 0.1) is 0 Å². The van der Waals surface area contributed by atoms with Crippen molar-refractivity contribution in [1.82, 2.24) is 24.9 Å². The summed E-state index contributed by atoms with van der Waals surface area (Å²) < 4.78 is 19.5. The molecule has 0 bridgehead atoms. The van der Waals surface area contributed by atoms with Crippen molar-refractivity contribution in [3.05, 3.63) is 30.1 Å². The molecule has 1 aromatic rings. The Balaban J connectivity index is 1.33. The smallest absolute Gasteiger partial charge is 0.323 e. The lowest BCUT2D eigenvalue weighted by Crippen LogP contribution is -2.51. The Labute approximate surface area is 168 Å². The van der Waals surface area contributed by atoms with Crippen molar-refractivity contribution in [1.29, 1.82) is 0 Å². The van der Waals surface area contributed by atoms with E-state index < -0.39 is 18.1 Å². The zero-order chi connectivity index (χ0) is 20.7. The minimum Gasteiger partial charge on any atom is -0.487 e. The van der Waals surface area contributed by atoms with Gasteiger partial charge in [0.2, 0.25) is 5.91 Å². The highest BCUT2D eigenvalue weighted by Gasteiger charge is 2.53. The highest BCUT2D eigenvalue weighted by Crippen LogP contribution is 2.27. The second-order valence-corrected chi connectivity index (χ2v) is 7.57. The van der Waals surface area contributed by atoms with Crippen LogP contribution in [0.1, 0.15) is 12.8 Å². The number of nitrogens with one attached hydrogen (secondary N) is 1. The number of hydrogen-bond donors (Lipinski definition) is 1. The number of rotatable bonds is 4. The molecular weight excluding hydrogens is 381 g/mol. The van der Waals surface area contributed by atoms with Gasteiger partial charge in [0.25, 0.3) is 0 Å². The maximum absolute atomic E-state index is 13.7. The highest BCUT2D eigenvalue weighted by molar-refractivity contribution is 5.88. The van der Waals surface area contributed by atoms with Crippen LogP contribution in [0.15, 0.2) is 24.3 Å². The molecule has 10 heteroatoms. The minimum absolute atomic E-state index is 0.0999. The molecule has 3 aliphatic rings. The molecule has 1 aromatic carbocycles. The zero-order valence-electron chi connectivity index (χ0n) is 16.4. The third kappa shape index (κ3) is 3.43. The van der Waals surface area contributed by atoms with Crippen molar-refractivity contribution in [3.63, 3.8) is 0 Å². The average Bonchev–Trinajstić information content (AvgIpc) is 3.14. The van der Waals surface area contributed by atoms with E-state index in [1.807, 2.05) is 0 Å².